The Bertz CT molecular complexity index is 66.2. The molecular weight excluding hydrogens is 150 g/mol. The van der Waals surface area contributed by atoms with Crippen molar-refractivity contribution in [1.82, 2.24) is 5.32 Å². The fourth-order valence-electron chi connectivity index (χ4n) is 1.15. The first-order valence-corrected chi connectivity index (χ1v) is 5.20. The van der Waals surface area contributed by atoms with Gasteiger partial charge in [0.1, 0.15) is 0 Å². The van der Waals surface area contributed by atoms with Gasteiger partial charge in [0.2, 0.25) is 0 Å². The second-order valence-corrected chi connectivity index (χ2v) is 3.22. The Balaban J connectivity index is 2.73. The Morgan fingerprint density at radius 1 is 0.917 bits per heavy atom. The van der Waals surface area contributed by atoms with Gasteiger partial charge in [-0.25, -0.2) is 5.11 Å². The lowest BCUT2D eigenvalue weighted by Crippen LogP contribution is -2.16. The maximum atomic E-state index is 10.1. The number of hydrogen-bond donors (Lipinski definition) is 1. The molecule has 0 aliphatic carbocycles. The van der Waals surface area contributed by atoms with Crippen molar-refractivity contribution in [3.05, 3.63) is 0 Å². The predicted octanol–water partition coefficient (Wildman–Crippen LogP) is 2.37. The van der Waals surface area contributed by atoms with Gasteiger partial charge < -0.3 is 5.32 Å². The van der Waals surface area contributed by atoms with Gasteiger partial charge in [0.15, 0.2) is 0 Å². The quantitative estimate of drug-likeness (QED) is 0.532. The summed E-state index contributed by atoms with van der Waals surface area (Å²) in [7, 11) is 0. The van der Waals surface area contributed by atoms with Crippen molar-refractivity contribution in [2.45, 2.75) is 45.4 Å². The van der Waals surface area contributed by atoms with Crippen LogP contribution in [0.4, 0.5) is 0 Å². The molecular formula is C10H22NO. The first-order chi connectivity index (χ1) is 5.91. The van der Waals surface area contributed by atoms with Gasteiger partial charge in [0.25, 0.3) is 0 Å². The summed E-state index contributed by atoms with van der Waals surface area (Å²) in [5.41, 5.74) is 0. The van der Waals surface area contributed by atoms with Crippen LogP contribution < -0.4 is 5.32 Å². The molecule has 0 rings (SSSR count). The van der Waals surface area contributed by atoms with Crippen LogP contribution in [-0.2, 0) is 5.11 Å². The first kappa shape index (κ1) is 11.9. The highest BCUT2D eigenvalue weighted by molar-refractivity contribution is 4.48. The number of hydrogen-bond acceptors (Lipinski definition) is 1. The normalized spacial score (nSPS) is 10.5. The first-order valence-electron chi connectivity index (χ1n) is 5.20. The van der Waals surface area contributed by atoms with Crippen LogP contribution in [0.3, 0.4) is 0 Å². The minimum absolute atomic E-state index is 0.0931. The van der Waals surface area contributed by atoms with Crippen LogP contribution >= 0.6 is 0 Å². The van der Waals surface area contributed by atoms with Crippen LogP contribution in [0.25, 0.3) is 0 Å². The third-order valence-electron chi connectivity index (χ3n) is 1.95. The fourth-order valence-corrected chi connectivity index (χ4v) is 1.15. The van der Waals surface area contributed by atoms with Crippen molar-refractivity contribution in [3.8, 4) is 0 Å². The average molecular weight is 172 g/mol. The van der Waals surface area contributed by atoms with Gasteiger partial charge in [-0.1, -0.05) is 19.8 Å². The van der Waals surface area contributed by atoms with Crippen LogP contribution in [0.5, 0.6) is 0 Å². The Labute approximate surface area is 76.4 Å². The average Bonchev–Trinajstić information content (AvgIpc) is 2.10. The Morgan fingerprint density at radius 3 is 2.17 bits per heavy atom. The number of nitrogens with one attached hydrogen (secondary N) is 1. The highest BCUT2D eigenvalue weighted by Gasteiger charge is 1.89. The van der Waals surface area contributed by atoms with Gasteiger partial charge in [0, 0.05) is 0 Å². The monoisotopic (exact) mass is 172 g/mol. The van der Waals surface area contributed by atoms with Gasteiger partial charge in [-0.3, -0.25) is 0 Å². The molecule has 1 radical (unpaired) electrons. The zero-order valence-corrected chi connectivity index (χ0v) is 8.27. The third kappa shape index (κ3) is 9.92. The lowest BCUT2D eigenvalue weighted by atomic mass is 10.2. The predicted molar refractivity (Wildman–Crippen MR) is 51.8 cm³/mol. The van der Waals surface area contributed by atoms with Crippen molar-refractivity contribution in [1.29, 1.82) is 0 Å². The summed E-state index contributed by atoms with van der Waals surface area (Å²) >= 11 is 0. The lowest BCUT2D eigenvalue weighted by Gasteiger charge is -2.02. The molecule has 0 aromatic carbocycles. The smallest absolute Gasteiger partial charge is 0.0822 e. The number of rotatable bonds is 9. The molecule has 0 spiro atoms. The van der Waals surface area contributed by atoms with Crippen molar-refractivity contribution in [3.63, 3.8) is 0 Å². The van der Waals surface area contributed by atoms with E-state index in [1.54, 1.807) is 0 Å². The standard InChI is InChI=1S/C10H22NO/c1-2-3-5-8-11-9-6-4-7-10-12/h11H,2-10H2,1H3. The molecule has 0 atom stereocenters. The summed E-state index contributed by atoms with van der Waals surface area (Å²) in [5, 5.41) is 13.5. The molecule has 0 aromatic rings. The van der Waals surface area contributed by atoms with E-state index in [1.165, 1.54) is 19.3 Å². The van der Waals surface area contributed by atoms with E-state index < -0.39 is 0 Å². The molecule has 0 heterocycles. The number of unbranched alkanes of at least 4 members (excludes halogenated alkanes) is 4. The summed E-state index contributed by atoms with van der Waals surface area (Å²) < 4.78 is 0. The van der Waals surface area contributed by atoms with Gasteiger partial charge >= 0.3 is 0 Å². The Morgan fingerprint density at radius 2 is 1.58 bits per heavy atom. The zero-order valence-electron chi connectivity index (χ0n) is 8.27. The summed E-state index contributed by atoms with van der Waals surface area (Å²) in [6.07, 6.45) is 7.00. The highest BCUT2D eigenvalue weighted by Crippen LogP contribution is 1.94. The second-order valence-electron chi connectivity index (χ2n) is 3.22. The van der Waals surface area contributed by atoms with Gasteiger partial charge in [-0.05, 0) is 38.8 Å². The van der Waals surface area contributed by atoms with E-state index in [9.17, 15) is 5.11 Å². The van der Waals surface area contributed by atoms with E-state index in [4.69, 9.17) is 0 Å². The van der Waals surface area contributed by atoms with Gasteiger partial charge in [-0.2, -0.15) is 0 Å². The van der Waals surface area contributed by atoms with Crippen LogP contribution in [0, 0.1) is 0 Å². The van der Waals surface area contributed by atoms with E-state index in [0.29, 0.717) is 0 Å². The molecule has 0 aromatic heterocycles. The fraction of sp³-hybridized carbons (Fsp3) is 1.00. The molecule has 0 saturated heterocycles. The largest absolute Gasteiger partial charge is 0.317 e. The van der Waals surface area contributed by atoms with E-state index in [1.807, 2.05) is 0 Å². The van der Waals surface area contributed by atoms with Gasteiger partial charge in [0.05, 0.1) is 6.61 Å². The van der Waals surface area contributed by atoms with E-state index in [-0.39, 0.29) is 6.61 Å². The van der Waals surface area contributed by atoms with E-state index in [2.05, 4.69) is 12.2 Å². The molecule has 0 bridgehead atoms. The molecule has 0 aliphatic heterocycles. The van der Waals surface area contributed by atoms with E-state index in [0.717, 1.165) is 32.4 Å². The van der Waals surface area contributed by atoms with Crippen molar-refractivity contribution in [2.75, 3.05) is 19.7 Å². The molecule has 0 saturated carbocycles. The third-order valence-corrected chi connectivity index (χ3v) is 1.95. The molecule has 0 fully saturated rings. The molecule has 73 valence electrons. The summed E-state index contributed by atoms with van der Waals surface area (Å²) in [6.45, 7) is 4.54. The molecule has 12 heavy (non-hydrogen) atoms. The summed E-state index contributed by atoms with van der Waals surface area (Å²) in [5.74, 6) is 0. The minimum Gasteiger partial charge on any atom is -0.317 e. The maximum Gasteiger partial charge on any atom is 0.0822 e. The molecule has 2 nitrogen and oxygen atoms in total. The Kier molecular flexibility index (Phi) is 10.8. The van der Waals surface area contributed by atoms with Gasteiger partial charge in [-0.15, -0.1) is 0 Å². The van der Waals surface area contributed by atoms with E-state index >= 15 is 0 Å². The molecule has 0 aliphatic rings. The molecule has 0 amide bonds. The highest BCUT2D eigenvalue weighted by atomic mass is 16.2. The summed E-state index contributed by atoms with van der Waals surface area (Å²) in [4.78, 5) is 0. The molecule has 2 heteroatoms. The van der Waals surface area contributed by atoms with Crippen molar-refractivity contribution < 1.29 is 5.11 Å². The van der Waals surface area contributed by atoms with Crippen LogP contribution in [0.15, 0.2) is 0 Å². The topological polar surface area (TPSA) is 31.9 Å². The SMILES string of the molecule is CCCCCNCCCCC[O]. The van der Waals surface area contributed by atoms with Crippen molar-refractivity contribution in [2.24, 2.45) is 0 Å². The lowest BCUT2D eigenvalue weighted by molar-refractivity contribution is 0.186. The second kappa shape index (κ2) is 10.9. The molecule has 1 N–H and O–H groups in total. The zero-order chi connectivity index (χ0) is 9.07. The molecule has 0 unspecified atom stereocenters. The minimum atomic E-state index is 0.0931. The Hall–Kier alpha value is -0.0800. The van der Waals surface area contributed by atoms with Crippen molar-refractivity contribution >= 4 is 0 Å². The maximum absolute atomic E-state index is 10.1. The van der Waals surface area contributed by atoms with Crippen LogP contribution in [0.2, 0.25) is 0 Å². The van der Waals surface area contributed by atoms with Crippen LogP contribution in [0.1, 0.15) is 45.4 Å². The summed E-state index contributed by atoms with van der Waals surface area (Å²) in [6, 6.07) is 0. The van der Waals surface area contributed by atoms with Crippen LogP contribution in [-0.4, -0.2) is 19.7 Å².